The summed E-state index contributed by atoms with van der Waals surface area (Å²) < 4.78 is 26.1. The highest BCUT2D eigenvalue weighted by molar-refractivity contribution is 4.34. The van der Waals surface area contributed by atoms with E-state index in [1.807, 2.05) is 0 Å². The molecule has 0 bridgehead atoms. The number of methoxy groups -OCH3 is 1. The Bertz CT molecular complexity index is 75.1. The van der Waals surface area contributed by atoms with Gasteiger partial charge in [0.05, 0.1) is 33.0 Å². The van der Waals surface area contributed by atoms with Crippen molar-refractivity contribution in [1.29, 1.82) is 0 Å². The van der Waals surface area contributed by atoms with Gasteiger partial charge in [-0.3, -0.25) is 0 Å². The Morgan fingerprint density at radius 2 is 1.58 bits per heavy atom. The molecule has 0 amide bonds. The van der Waals surface area contributed by atoms with Gasteiger partial charge in [0.15, 0.2) is 0 Å². The van der Waals surface area contributed by atoms with Crippen LogP contribution in [-0.2, 0) is 14.2 Å². The van der Waals surface area contributed by atoms with Crippen molar-refractivity contribution < 1.29 is 18.7 Å². The minimum Gasteiger partial charge on any atom is -0.382 e. The van der Waals surface area contributed by atoms with Gasteiger partial charge in [0.2, 0.25) is 0 Å². The van der Waals surface area contributed by atoms with Gasteiger partial charge in [-0.2, -0.15) is 5.54 Å². The second-order valence-corrected chi connectivity index (χ2v) is 2.10. The highest BCUT2D eigenvalue weighted by atomic mass is 19.2. The summed E-state index contributed by atoms with van der Waals surface area (Å²) >= 11 is 0. The molecule has 0 aliphatic carbocycles. The fourth-order valence-electron chi connectivity index (χ4n) is 0.575. The normalized spacial score (nSPS) is 10.5. The molecule has 0 heterocycles. The smallest absolute Gasteiger partial charge is 0.0701 e. The van der Waals surface area contributed by atoms with Crippen molar-refractivity contribution in [2.75, 3.05) is 46.7 Å². The van der Waals surface area contributed by atoms with Crippen molar-refractivity contribution in [3.8, 4) is 0 Å². The summed E-state index contributed by atoms with van der Waals surface area (Å²) in [5.74, 6) is 0. The predicted molar refractivity (Wildman–Crippen MR) is 42.6 cm³/mol. The molecule has 0 aromatic rings. The molecule has 0 unspecified atom stereocenters. The van der Waals surface area contributed by atoms with Crippen molar-refractivity contribution in [1.82, 2.24) is 5.54 Å². The van der Waals surface area contributed by atoms with Gasteiger partial charge in [0.25, 0.3) is 0 Å². The lowest BCUT2D eigenvalue weighted by molar-refractivity contribution is 0.0233. The molecule has 0 aromatic heterocycles. The first-order valence-corrected chi connectivity index (χ1v) is 3.89. The minimum absolute atomic E-state index is 0.220. The Balaban J connectivity index is 2.73. The molecular formula is C7H16FNO3. The van der Waals surface area contributed by atoms with E-state index in [9.17, 15) is 4.48 Å². The van der Waals surface area contributed by atoms with Crippen LogP contribution in [0.1, 0.15) is 0 Å². The zero-order valence-electron chi connectivity index (χ0n) is 7.35. The predicted octanol–water partition coefficient (Wildman–Crippen LogP) is 0.140. The first kappa shape index (κ1) is 11.8. The second kappa shape index (κ2) is 10.8. The molecule has 0 radical (unpaired) electrons. The Morgan fingerprint density at radius 1 is 1.00 bits per heavy atom. The monoisotopic (exact) mass is 181 g/mol. The highest BCUT2D eigenvalue weighted by Gasteiger charge is 1.89. The summed E-state index contributed by atoms with van der Waals surface area (Å²) in [7, 11) is 1.62. The SMILES string of the molecule is COCCOCCOCCNF. The Kier molecular flexibility index (Phi) is 10.6. The topological polar surface area (TPSA) is 39.7 Å². The largest absolute Gasteiger partial charge is 0.382 e. The van der Waals surface area contributed by atoms with Gasteiger partial charge in [-0.25, -0.2) is 0 Å². The van der Waals surface area contributed by atoms with Crippen LogP contribution in [0.2, 0.25) is 0 Å². The quantitative estimate of drug-likeness (QED) is 0.406. The van der Waals surface area contributed by atoms with Crippen LogP contribution in [0.3, 0.4) is 0 Å². The van der Waals surface area contributed by atoms with Crippen LogP contribution >= 0.6 is 0 Å². The maximum Gasteiger partial charge on any atom is 0.0701 e. The summed E-state index contributed by atoms with van der Waals surface area (Å²) in [6.07, 6.45) is 0. The van der Waals surface area contributed by atoms with Crippen LogP contribution in [0.15, 0.2) is 0 Å². The molecule has 0 fully saturated rings. The third-order valence-electron chi connectivity index (χ3n) is 1.14. The third-order valence-corrected chi connectivity index (χ3v) is 1.14. The molecule has 0 saturated heterocycles. The zero-order chi connectivity index (χ0) is 9.07. The fraction of sp³-hybridized carbons (Fsp3) is 1.00. The zero-order valence-corrected chi connectivity index (χ0v) is 7.35. The lowest BCUT2D eigenvalue weighted by Gasteiger charge is -2.03. The number of hydrogen-bond acceptors (Lipinski definition) is 4. The van der Waals surface area contributed by atoms with E-state index in [0.29, 0.717) is 33.0 Å². The second-order valence-electron chi connectivity index (χ2n) is 2.10. The van der Waals surface area contributed by atoms with E-state index in [1.54, 1.807) is 7.11 Å². The molecule has 74 valence electrons. The Morgan fingerprint density at radius 3 is 2.17 bits per heavy atom. The van der Waals surface area contributed by atoms with Crippen molar-refractivity contribution in [2.45, 2.75) is 0 Å². The molecular weight excluding hydrogens is 165 g/mol. The van der Waals surface area contributed by atoms with Gasteiger partial charge in [0, 0.05) is 13.7 Å². The number of halogens is 1. The van der Waals surface area contributed by atoms with Crippen LogP contribution in [0.4, 0.5) is 4.48 Å². The first-order chi connectivity index (χ1) is 5.91. The van der Waals surface area contributed by atoms with E-state index < -0.39 is 0 Å². The van der Waals surface area contributed by atoms with E-state index >= 15 is 0 Å². The maximum atomic E-state index is 11.3. The standard InChI is InChI=1S/C7H16FNO3/c1-10-4-5-12-7-6-11-3-2-9-8/h9H,2-7H2,1H3. The summed E-state index contributed by atoms with van der Waals surface area (Å²) in [4.78, 5) is 0. The molecule has 0 atom stereocenters. The van der Waals surface area contributed by atoms with Crippen LogP contribution in [0.25, 0.3) is 0 Å². The Labute approximate surface area is 71.9 Å². The van der Waals surface area contributed by atoms with E-state index in [2.05, 4.69) is 0 Å². The summed E-state index contributed by atoms with van der Waals surface area (Å²) in [6.45, 7) is 2.76. The van der Waals surface area contributed by atoms with Crippen LogP contribution < -0.4 is 5.54 Å². The van der Waals surface area contributed by atoms with Gasteiger partial charge in [-0.05, 0) is 0 Å². The van der Waals surface area contributed by atoms with Crippen molar-refractivity contribution in [2.24, 2.45) is 0 Å². The first-order valence-electron chi connectivity index (χ1n) is 3.89. The number of hydrogen-bond donors (Lipinski definition) is 1. The maximum absolute atomic E-state index is 11.3. The van der Waals surface area contributed by atoms with Crippen LogP contribution in [0.5, 0.6) is 0 Å². The van der Waals surface area contributed by atoms with Crippen LogP contribution in [-0.4, -0.2) is 46.7 Å². The summed E-state index contributed by atoms with van der Waals surface area (Å²) in [5, 5.41) is 0. The van der Waals surface area contributed by atoms with E-state index in [4.69, 9.17) is 14.2 Å². The molecule has 4 nitrogen and oxygen atoms in total. The Hall–Kier alpha value is -0.230. The average Bonchev–Trinajstić information content (AvgIpc) is 2.10. The van der Waals surface area contributed by atoms with Gasteiger partial charge in [-0.15, -0.1) is 4.48 Å². The lowest BCUT2D eigenvalue weighted by Crippen LogP contribution is -2.14. The molecule has 0 aromatic carbocycles. The average molecular weight is 181 g/mol. The molecule has 12 heavy (non-hydrogen) atoms. The van der Waals surface area contributed by atoms with Crippen molar-refractivity contribution >= 4 is 0 Å². The van der Waals surface area contributed by atoms with Gasteiger partial charge < -0.3 is 14.2 Å². The van der Waals surface area contributed by atoms with E-state index in [0.717, 1.165) is 0 Å². The number of ether oxygens (including phenoxy) is 3. The molecule has 1 N–H and O–H groups in total. The van der Waals surface area contributed by atoms with E-state index in [-0.39, 0.29) is 6.54 Å². The van der Waals surface area contributed by atoms with Crippen LogP contribution in [0, 0.1) is 0 Å². The van der Waals surface area contributed by atoms with Gasteiger partial charge in [-0.1, -0.05) is 0 Å². The number of nitrogens with one attached hydrogen (secondary N) is 1. The number of rotatable bonds is 9. The summed E-state index contributed by atoms with van der Waals surface area (Å²) in [5.41, 5.74) is 1.49. The minimum atomic E-state index is 0.220. The van der Waals surface area contributed by atoms with Crippen molar-refractivity contribution in [3.05, 3.63) is 0 Å². The molecule has 0 spiro atoms. The highest BCUT2D eigenvalue weighted by Crippen LogP contribution is 1.78. The molecule has 0 saturated carbocycles. The third kappa shape index (κ3) is 9.77. The van der Waals surface area contributed by atoms with E-state index in [1.165, 1.54) is 5.54 Å². The molecule has 0 aliphatic rings. The van der Waals surface area contributed by atoms with Crippen molar-refractivity contribution in [3.63, 3.8) is 0 Å². The lowest BCUT2D eigenvalue weighted by atomic mass is 10.7. The fourth-order valence-corrected chi connectivity index (χ4v) is 0.575. The summed E-state index contributed by atoms with van der Waals surface area (Å²) in [6, 6.07) is 0. The van der Waals surface area contributed by atoms with Gasteiger partial charge in [0.1, 0.15) is 0 Å². The van der Waals surface area contributed by atoms with Gasteiger partial charge >= 0.3 is 0 Å². The molecule has 0 rings (SSSR count). The molecule has 0 aliphatic heterocycles. The molecule has 5 heteroatoms.